The van der Waals surface area contributed by atoms with Crippen molar-refractivity contribution >= 4 is 0 Å². The molecule has 0 aromatic heterocycles. The summed E-state index contributed by atoms with van der Waals surface area (Å²) in [4.78, 5) is 0. The first kappa shape index (κ1) is 13.4. The predicted octanol–water partition coefficient (Wildman–Crippen LogP) is 0.542. The third kappa shape index (κ3) is 2.61. The molecule has 0 bridgehead atoms. The zero-order chi connectivity index (χ0) is 13.4. The lowest BCUT2D eigenvalue weighted by molar-refractivity contribution is -0.135. The van der Waals surface area contributed by atoms with Crippen LogP contribution in [-0.4, -0.2) is 64.4 Å². The van der Waals surface area contributed by atoms with Gasteiger partial charge in [-0.2, -0.15) is 0 Å². The van der Waals surface area contributed by atoms with Crippen LogP contribution in [0, 0.1) is 11.8 Å². The van der Waals surface area contributed by atoms with Crippen molar-refractivity contribution in [2.75, 3.05) is 39.6 Å². The summed E-state index contributed by atoms with van der Waals surface area (Å²) in [6.07, 6.45) is 1.71. The highest BCUT2D eigenvalue weighted by Crippen LogP contribution is 2.32. The molecule has 4 saturated heterocycles. The largest absolute Gasteiger partial charge is 0.381 e. The predicted molar refractivity (Wildman–Crippen MR) is 67.1 cm³/mol. The summed E-state index contributed by atoms with van der Waals surface area (Å²) >= 11 is 0. The summed E-state index contributed by atoms with van der Waals surface area (Å²) in [7, 11) is 0. The first-order chi connectivity index (χ1) is 9.90. The average Bonchev–Trinajstić information content (AvgIpc) is 3.22. The molecular weight excluding hydrogens is 264 g/mol. The maximum Gasteiger partial charge on any atom is 0.163 e. The summed E-state index contributed by atoms with van der Waals surface area (Å²) in [6.45, 7) is 4.27. The fraction of sp³-hybridized carbons (Fsp3) is 1.00. The zero-order valence-corrected chi connectivity index (χ0v) is 11.6. The summed E-state index contributed by atoms with van der Waals surface area (Å²) < 4.78 is 34.3. The van der Waals surface area contributed by atoms with E-state index in [1.807, 2.05) is 0 Å². The van der Waals surface area contributed by atoms with E-state index >= 15 is 0 Å². The van der Waals surface area contributed by atoms with Crippen molar-refractivity contribution in [2.24, 2.45) is 11.8 Å². The van der Waals surface area contributed by atoms with Gasteiger partial charge in [0.2, 0.25) is 0 Å². The smallest absolute Gasteiger partial charge is 0.163 e. The summed E-state index contributed by atoms with van der Waals surface area (Å²) in [5, 5.41) is 0. The molecule has 6 unspecified atom stereocenters. The first-order valence-corrected chi connectivity index (χ1v) is 7.60. The van der Waals surface area contributed by atoms with Crippen LogP contribution in [0.5, 0.6) is 0 Å². The van der Waals surface area contributed by atoms with Gasteiger partial charge in [0.1, 0.15) is 12.2 Å². The van der Waals surface area contributed by atoms with Gasteiger partial charge in [0.25, 0.3) is 0 Å². The quantitative estimate of drug-likeness (QED) is 0.755. The molecule has 0 amide bonds. The zero-order valence-electron chi connectivity index (χ0n) is 11.6. The Hall–Kier alpha value is -0.240. The van der Waals surface area contributed by atoms with Crippen molar-refractivity contribution in [1.82, 2.24) is 0 Å². The second-order valence-corrected chi connectivity index (χ2v) is 6.00. The molecule has 0 aliphatic carbocycles. The molecule has 0 radical (unpaired) electrons. The lowest BCUT2D eigenvalue weighted by atomic mass is 10.1. The lowest BCUT2D eigenvalue weighted by Crippen LogP contribution is -2.33. The van der Waals surface area contributed by atoms with Crippen LogP contribution in [0.15, 0.2) is 0 Å². The van der Waals surface area contributed by atoms with Crippen LogP contribution in [-0.2, 0) is 28.4 Å². The molecule has 6 nitrogen and oxygen atoms in total. The Labute approximate surface area is 118 Å². The van der Waals surface area contributed by atoms with Crippen molar-refractivity contribution in [2.45, 2.75) is 37.6 Å². The Kier molecular flexibility index (Phi) is 3.94. The standard InChI is InChI=1S/C14H22O6/c1-3-15-5-9(1)13-17-7-11(19-13)12-8-18-14(20-12)10-2-4-16-6-10/h9-14H,1-8H2. The van der Waals surface area contributed by atoms with Gasteiger partial charge in [-0.05, 0) is 12.8 Å². The third-order valence-electron chi connectivity index (χ3n) is 4.58. The van der Waals surface area contributed by atoms with Gasteiger partial charge in [-0.1, -0.05) is 0 Å². The molecule has 4 aliphatic rings. The molecule has 4 fully saturated rings. The number of hydrogen-bond acceptors (Lipinski definition) is 6. The highest BCUT2D eigenvalue weighted by Gasteiger charge is 2.43. The topological polar surface area (TPSA) is 55.4 Å². The van der Waals surface area contributed by atoms with Crippen LogP contribution in [0.3, 0.4) is 0 Å². The van der Waals surface area contributed by atoms with E-state index in [-0.39, 0.29) is 24.8 Å². The molecule has 6 heteroatoms. The number of rotatable bonds is 3. The van der Waals surface area contributed by atoms with Crippen molar-refractivity contribution in [3.8, 4) is 0 Å². The van der Waals surface area contributed by atoms with Crippen LogP contribution in [0.2, 0.25) is 0 Å². The minimum absolute atomic E-state index is 0.0204. The molecule has 4 aliphatic heterocycles. The normalized spacial score (nSPS) is 49.2. The number of hydrogen-bond donors (Lipinski definition) is 0. The van der Waals surface area contributed by atoms with E-state index < -0.39 is 0 Å². The van der Waals surface area contributed by atoms with Crippen molar-refractivity contribution in [3.63, 3.8) is 0 Å². The highest BCUT2D eigenvalue weighted by molar-refractivity contribution is 4.83. The summed E-state index contributed by atoms with van der Waals surface area (Å²) in [5.41, 5.74) is 0. The van der Waals surface area contributed by atoms with Gasteiger partial charge in [-0.3, -0.25) is 0 Å². The van der Waals surface area contributed by atoms with E-state index in [0.29, 0.717) is 25.0 Å². The molecule has 20 heavy (non-hydrogen) atoms. The second kappa shape index (κ2) is 5.87. The summed E-state index contributed by atoms with van der Waals surface area (Å²) in [6, 6.07) is 0. The van der Waals surface area contributed by atoms with Crippen LogP contribution in [0.25, 0.3) is 0 Å². The van der Waals surface area contributed by atoms with Crippen LogP contribution >= 0.6 is 0 Å². The van der Waals surface area contributed by atoms with E-state index in [4.69, 9.17) is 28.4 Å². The summed E-state index contributed by atoms with van der Waals surface area (Å²) in [5.74, 6) is 0.725. The van der Waals surface area contributed by atoms with Gasteiger partial charge in [-0.15, -0.1) is 0 Å². The fourth-order valence-corrected chi connectivity index (χ4v) is 3.30. The average molecular weight is 286 g/mol. The maximum absolute atomic E-state index is 6.00. The van der Waals surface area contributed by atoms with Gasteiger partial charge in [0.15, 0.2) is 12.6 Å². The molecule has 0 aromatic rings. The molecule has 4 rings (SSSR count). The fourth-order valence-electron chi connectivity index (χ4n) is 3.30. The van der Waals surface area contributed by atoms with E-state index in [2.05, 4.69) is 0 Å². The van der Waals surface area contributed by atoms with Gasteiger partial charge >= 0.3 is 0 Å². The van der Waals surface area contributed by atoms with Crippen LogP contribution < -0.4 is 0 Å². The second-order valence-electron chi connectivity index (χ2n) is 6.00. The number of ether oxygens (including phenoxy) is 6. The molecular formula is C14H22O6. The minimum Gasteiger partial charge on any atom is -0.381 e. The Morgan fingerprint density at radius 1 is 0.600 bits per heavy atom. The minimum atomic E-state index is -0.139. The van der Waals surface area contributed by atoms with Crippen molar-refractivity contribution in [1.29, 1.82) is 0 Å². The third-order valence-corrected chi connectivity index (χ3v) is 4.58. The van der Waals surface area contributed by atoms with E-state index in [1.165, 1.54) is 0 Å². The molecule has 0 aromatic carbocycles. The Bertz CT molecular complexity index is 294. The van der Waals surface area contributed by atoms with E-state index in [0.717, 1.165) is 39.3 Å². The van der Waals surface area contributed by atoms with Gasteiger partial charge in [0, 0.05) is 25.0 Å². The lowest BCUT2D eigenvalue weighted by Gasteiger charge is -2.20. The van der Waals surface area contributed by atoms with Crippen molar-refractivity contribution < 1.29 is 28.4 Å². The molecule has 4 heterocycles. The van der Waals surface area contributed by atoms with Gasteiger partial charge < -0.3 is 28.4 Å². The van der Waals surface area contributed by atoms with Gasteiger partial charge in [-0.25, -0.2) is 0 Å². The molecule has 0 spiro atoms. The monoisotopic (exact) mass is 286 g/mol. The Balaban J connectivity index is 1.29. The molecule has 114 valence electrons. The highest BCUT2D eigenvalue weighted by atomic mass is 16.8. The Morgan fingerprint density at radius 3 is 1.50 bits per heavy atom. The molecule has 0 saturated carbocycles. The SMILES string of the molecule is C1CC(C2OCC(C3COC(C4CCOC4)O3)O2)CO1. The molecule has 0 N–H and O–H groups in total. The van der Waals surface area contributed by atoms with Crippen LogP contribution in [0.4, 0.5) is 0 Å². The molecule has 6 atom stereocenters. The van der Waals surface area contributed by atoms with E-state index in [1.54, 1.807) is 0 Å². The maximum atomic E-state index is 6.00. The van der Waals surface area contributed by atoms with Crippen LogP contribution in [0.1, 0.15) is 12.8 Å². The van der Waals surface area contributed by atoms with Crippen molar-refractivity contribution in [3.05, 3.63) is 0 Å². The van der Waals surface area contributed by atoms with Gasteiger partial charge in [0.05, 0.1) is 26.4 Å². The first-order valence-electron chi connectivity index (χ1n) is 7.60. The van der Waals surface area contributed by atoms with E-state index in [9.17, 15) is 0 Å². The Morgan fingerprint density at radius 2 is 1.10 bits per heavy atom.